The van der Waals surface area contributed by atoms with Gasteiger partial charge < -0.3 is 20.1 Å². The van der Waals surface area contributed by atoms with Crippen LogP contribution in [-0.4, -0.2) is 43.2 Å². The summed E-state index contributed by atoms with van der Waals surface area (Å²) in [6.07, 6.45) is 5.41. The fourth-order valence-electron chi connectivity index (χ4n) is 3.41. The third-order valence-corrected chi connectivity index (χ3v) is 5.90. The van der Waals surface area contributed by atoms with Crippen LogP contribution < -0.4 is 20.1 Å². The monoisotopic (exact) mass is 400 g/mol. The minimum Gasteiger partial charge on any atom is -0.493 e. The van der Waals surface area contributed by atoms with Crippen molar-refractivity contribution in [1.29, 1.82) is 0 Å². The van der Waals surface area contributed by atoms with E-state index in [-0.39, 0.29) is 30.5 Å². The molecule has 2 fully saturated rings. The van der Waals surface area contributed by atoms with Gasteiger partial charge in [0.15, 0.2) is 11.5 Å². The second-order valence-electron chi connectivity index (χ2n) is 6.68. The van der Waals surface area contributed by atoms with E-state index in [1.165, 1.54) is 12.8 Å². The summed E-state index contributed by atoms with van der Waals surface area (Å²) in [5.41, 5.74) is 0.977. The maximum atomic E-state index is 12.3. The van der Waals surface area contributed by atoms with Gasteiger partial charge in [0, 0.05) is 42.6 Å². The number of hydrogen-bond donors (Lipinski definition) is 2. The Morgan fingerprint density at radius 3 is 2.85 bits per heavy atom. The molecular formula is C19H29ClN2O3S. The number of carbonyl (C=O) groups is 1. The van der Waals surface area contributed by atoms with Crippen LogP contribution in [0.15, 0.2) is 18.2 Å². The number of amides is 1. The average Bonchev–Trinajstić information content (AvgIpc) is 3.15. The molecule has 1 unspecified atom stereocenters. The highest BCUT2D eigenvalue weighted by molar-refractivity contribution is 7.99. The summed E-state index contributed by atoms with van der Waals surface area (Å²) in [7, 11) is 1.66. The zero-order valence-corrected chi connectivity index (χ0v) is 16.9. The van der Waals surface area contributed by atoms with Crippen LogP contribution in [0.3, 0.4) is 0 Å². The topological polar surface area (TPSA) is 59.6 Å². The number of thioether (sulfide) groups is 1. The zero-order chi connectivity index (χ0) is 17.5. The molecule has 1 saturated heterocycles. The predicted octanol–water partition coefficient (Wildman–Crippen LogP) is 3.15. The van der Waals surface area contributed by atoms with Crippen molar-refractivity contribution in [3.63, 3.8) is 0 Å². The molecule has 1 aliphatic heterocycles. The first kappa shape index (κ1) is 21.2. The molecule has 7 heteroatoms. The molecule has 0 bridgehead atoms. The molecule has 1 aromatic rings. The normalized spacial score (nSPS) is 20.3. The Balaban J connectivity index is 0.00000243. The highest BCUT2D eigenvalue weighted by Crippen LogP contribution is 2.34. The van der Waals surface area contributed by atoms with Gasteiger partial charge >= 0.3 is 0 Å². The zero-order valence-electron chi connectivity index (χ0n) is 15.3. The van der Waals surface area contributed by atoms with Crippen LogP contribution in [0.1, 0.15) is 37.7 Å². The molecule has 1 atom stereocenters. The summed E-state index contributed by atoms with van der Waals surface area (Å²) >= 11 is 1.91. The molecule has 146 valence electrons. The first-order valence-corrected chi connectivity index (χ1v) is 10.3. The number of rotatable bonds is 7. The van der Waals surface area contributed by atoms with Gasteiger partial charge in [-0.1, -0.05) is 12.1 Å². The number of ether oxygens (including phenoxy) is 2. The quantitative estimate of drug-likeness (QED) is 0.736. The van der Waals surface area contributed by atoms with Crippen LogP contribution in [0, 0.1) is 0 Å². The van der Waals surface area contributed by atoms with E-state index in [0.717, 1.165) is 48.0 Å². The van der Waals surface area contributed by atoms with E-state index in [4.69, 9.17) is 9.47 Å². The van der Waals surface area contributed by atoms with Crippen molar-refractivity contribution in [1.82, 2.24) is 10.6 Å². The lowest BCUT2D eigenvalue weighted by Gasteiger charge is -2.23. The largest absolute Gasteiger partial charge is 0.493 e. The molecule has 1 aromatic carbocycles. The van der Waals surface area contributed by atoms with Crippen LogP contribution in [-0.2, 0) is 11.3 Å². The number of carbonyl (C=O) groups excluding carboxylic acids is 1. The van der Waals surface area contributed by atoms with Gasteiger partial charge in [0.1, 0.15) is 0 Å². The standard InChI is InChI=1S/C19H28N2O3S.ClH/c1-23-17-8-4-5-14(19(17)24-16-6-2-3-7-16)12-21-18(22)11-15-13-25-10-9-20-15;/h4-5,8,15-16,20H,2-3,6-7,9-13H2,1H3,(H,21,22);1H. The van der Waals surface area contributed by atoms with Crippen molar-refractivity contribution < 1.29 is 14.3 Å². The number of hydrogen-bond acceptors (Lipinski definition) is 5. The molecule has 5 nitrogen and oxygen atoms in total. The summed E-state index contributed by atoms with van der Waals surface area (Å²) in [5, 5.41) is 6.44. The van der Waals surface area contributed by atoms with Crippen LogP contribution in [0.2, 0.25) is 0 Å². The Hall–Kier alpha value is -1.11. The maximum absolute atomic E-state index is 12.3. The summed E-state index contributed by atoms with van der Waals surface area (Å²) in [5.74, 6) is 3.73. The number of halogens is 1. The Morgan fingerprint density at radius 1 is 1.35 bits per heavy atom. The molecule has 3 rings (SSSR count). The predicted molar refractivity (Wildman–Crippen MR) is 109 cm³/mol. The molecule has 2 N–H and O–H groups in total. The first-order chi connectivity index (χ1) is 12.3. The molecule has 1 amide bonds. The molecular weight excluding hydrogens is 372 g/mol. The third kappa shape index (κ3) is 5.96. The average molecular weight is 401 g/mol. The maximum Gasteiger partial charge on any atom is 0.221 e. The molecule has 1 heterocycles. The summed E-state index contributed by atoms with van der Waals surface area (Å²) in [4.78, 5) is 12.3. The van der Waals surface area contributed by atoms with Gasteiger partial charge in [-0.05, 0) is 31.7 Å². The molecule has 0 aromatic heterocycles. The summed E-state index contributed by atoms with van der Waals surface area (Å²) < 4.78 is 11.7. The fraction of sp³-hybridized carbons (Fsp3) is 0.632. The highest BCUT2D eigenvalue weighted by atomic mass is 35.5. The van der Waals surface area contributed by atoms with E-state index in [2.05, 4.69) is 10.6 Å². The van der Waals surface area contributed by atoms with Crippen LogP contribution in [0.25, 0.3) is 0 Å². The number of para-hydroxylation sites is 1. The molecule has 0 spiro atoms. The van der Waals surface area contributed by atoms with Crippen molar-refractivity contribution in [3.05, 3.63) is 23.8 Å². The summed E-state index contributed by atoms with van der Waals surface area (Å²) in [6.45, 7) is 1.45. The summed E-state index contributed by atoms with van der Waals surface area (Å²) in [6, 6.07) is 6.14. The minimum atomic E-state index is 0. The van der Waals surface area contributed by atoms with Crippen LogP contribution >= 0.6 is 24.2 Å². The highest BCUT2D eigenvalue weighted by Gasteiger charge is 2.21. The van der Waals surface area contributed by atoms with E-state index in [1.54, 1.807) is 7.11 Å². The van der Waals surface area contributed by atoms with E-state index >= 15 is 0 Å². The van der Waals surface area contributed by atoms with Gasteiger partial charge in [-0.15, -0.1) is 12.4 Å². The lowest BCUT2D eigenvalue weighted by Crippen LogP contribution is -2.41. The van der Waals surface area contributed by atoms with Crippen molar-refractivity contribution in [2.45, 2.75) is 50.8 Å². The van der Waals surface area contributed by atoms with Crippen molar-refractivity contribution in [2.75, 3.05) is 25.2 Å². The van der Waals surface area contributed by atoms with Gasteiger partial charge in [-0.3, -0.25) is 4.79 Å². The lowest BCUT2D eigenvalue weighted by molar-refractivity contribution is -0.121. The van der Waals surface area contributed by atoms with Gasteiger partial charge in [0.25, 0.3) is 0 Å². The van der Waals surface area contributed by atoms with E-state index in [0.29, 0.717) is 13.0 Å². The number of nitrogens with one attached hydrogen (secondary N) is 2. The number of methoxy groups -OCH3 is 1. The van der Waals surface area contributed by atoms with Gasteiger partial charge in [-0.25, -0.2) is 0 Å². The molecule has 2 aliphatic rings. The molecule has 26 heavy (non-hydrogen) atoms. The van der Waals surface area contributed by atoms with Gasteiger partial charge in [-0.2, -0.15) is 11.8 Å². The first-order valence-electron chi connectivity index (χ1n) is 9.16. The van der Waals surface area contributed by atoms with Crippen LogP contribution in [0.4, 0.5) is 0 Å². The lowest BCUT2D eigenvalue weighted by atomic mass is 10.1. The Bertz CT molecular complexity index is 576. The SMILES string of the molecule is COc1cccc(CNC(=O)CC2CSCCN2)c1OC1CCCC1.Cl. The molecule has 0 radical (unpaired) electrons. The molecule has 1 aliphatic carbocycles. The Kier molecular flexibility index (Phi) is 8.88. The van der Waals surface area contributed by atoms with E-state index in [9.17, 15) is 4.79 Å². The van der Waals surface area contributed by atoms with Crippen molar-refractivity contribution in [2.24, 2.45) is 0 Å². The van der Waals surface area contributed by atoms with Gasteiger partial charge in [0.05, 0.1) is 13.2 Å². The minimum absolute atomic E-state index is 0. The van der Waals surface area contributed by atoms with E-state index in [1.807, 2.05) is 30.0 Å². The second kappa shape index (κ2) is 10.9. The van der Waals surface area contributed by atoms with Crippen molar-refractivity contribution >= 4 is 30.1 Å². The Morgan fingerprint density at radius 2 is 2.15 bits per heavy atom. The third-order valence-electron chi connectivity index (χ3n) is 4.77. The Labute approximate surface area is 166 Å². The molecule has 1 saturated carbocycles. The van der Waals surface area contributed by atoms with Crippen molar-refractivity contribution in [3.8, 4) is 11.5 Å². The number of benzene rings is 1. The fourth-order valence-corrected chi connectivity index (χ4v) is 4.36. The second-order valence-corrected chi connectivity index (χ2v) is 7.83. The van der Waals surface area contributed by atoms with E-state index < -0.39 is 0 Å². The van der Waals surface area contributed by atoms with Crippen LogP contribution in [0.5, 0.6) is 11.5 Å². The smallest absolute Gasteiger partial charge is 0.221 e. The van der Waals surface area contributed by atoms with Gasteiger partial charge in [0.2, 0.25) is 5.91 Å².